The average Bonchev–Trinajstić information content (AvgIpc) is 3.56. The molecule has 2 aromatic rings. The van der Waals surface area contributed by atoms with Gasteiger partial charge in [-0.05, 0) is 60.9 Å². The third-order valence-corrected chi connectivity index (χ3v) is 5.27. The number of benzene rings is 2. The molecule has 31 heavy (non-hydrogen) atoms. The molecule has 1 atom stereocenters. The van der Waals surface area contributed by atoms with Crippen LogP contribution >= 0.6 is 0 Å². The number of nitrogens with zero attached hydrogens (tertiary/aromatic N) is 1. The molecule has 2 heterocycles. The minimum Gasteiger partial charge on any atom is -0.490 e. The van der Waals surface area contributed by atoms with E-state index >= 15 is 0 Å². The highest BCUT2D eigenvalue weighted by atomic mass is 16.5. The number of amides is 2. The largest absolute Gasteiger partial charge is 0.490 e. The van der Waals surface area contributed by atoms with Gasteiger partial charge in [-0.15, -0.1) is 0 Å². The van der Waals surface area contributed by atoms with E-state index in [2.05, 4.69) is 16.7 Å². The molecule has 5 rings (SSSR count). The molecular weight excluding hydrogens is 394 g/mol. The highest BCUT2D eigenvalue weighted by molar-refractivity contribution is 5.98. The molecule has 0 saturated heterocycles. The lowest BCUT2D eigenvalue weighted by Crippen LogP contribution is -2.51. The van der Waals surface area contributed by atoms with Crippen LogP contribution in [0.4, 0.5) is 0 Å². The van der Waals surface area contributed by atoms with Crippen LogP contribution in [0.15, 0.2) is 60.7 Å². The molecular formula is C24H23N3O4. The number of rotatable bonds is 2. The summed E-state index contributed by atoms with van der Waals surface area (Å²) in [5, 5.41) is 14.9. The fourth-order valence-corrected chi connectivity index (χ4v) is 3.27. The third-order valence-electron chi connectivity index (χ3n) is 5.27. The molecule has 0 unspecified atom stereocenters. The zero-order chi connectivity index (χ0) is 21.7. The van der Waals surface area contributed by atoms with Gasteiger partial charge in [0.2, 0.25) is 5.91 Å². The van der Waals surface area contributed by atoms with Gasteiger partial charge in [0, 0.05) is 12.0 Å². The predicted octanol–water partition coefficient (Wildman–Crippen LogP) is 2.53. The Morgan fingerprint density at radius 1 is 1.06 bits per heavy atom. The van der Waals surface area contributed by atoms with Crippen LogP contribution in [0, 0.1) is 11.3 Å². The van der Waals surface area contributed by atoms with Crippen molar-refractivity contribution >= 4 is 11.8 Å². The van der Waals surface area contributed by atoms with Crippen molar-refractivity contribution in [2.24, 2.45) is 0 Å². The number of nitrogens with one attached hydrogen (secondary N) is 2. The highest BCUT2D eigenvalue weighted by Crippen LogP contribution is 2.34. The molecule has 7 nitrogen and oxygen atoms in total. The van der Waals surface area contributed by atoms with Crippen molar-refractivity contribution in [1.29, 1.82) is 5.26 Å². The summed E-state index contributed by atoms with van der Waals surface area (Å²) in [5.41, 5.74) is 0.448. The van der Waals surface area contributed by atoms with E-state index in [-0.39, 0.29) is 18.2 Å². The summed E-state index contributed by atoms with van der Waals surface area (Å²) < 4.78 is 11.3. The average molecular weight is 417 g/mol. The van der Waals surface area contributed by atoms with Gasteiger partial charge < -0.3 is 20.1 Å². The Morgan fingerprint density at radius 3 is 2.45 bits per heavy atom. The van der Waals surface area contributed by atoms with E-state index in [1.165, 1.54) is 0 Å². The van der Waals surface area contributed by atoms with Gasteiger partial charge in [-0.1, -0.05) is 18.2 Å². The van der Waals surface area contributed by atoms with Gasteiger partial charge in [0.25, 0.3) is 5.91 Å². The molecule has 158 valence electrons. The first-order chi connectivity index (χ1) is 15.1. The van der Waals surface area contributed by atoms with E-state index in [0.717, 1.165) is 5.56 Å². The van der Waals surface area contributed by atoms with Crippen LogP contribution in [-0.2, 0) is 11.2 Å². The lowest BCUT2D eigenvalue weighted by atomic mass is 10.0. The molecule has 2 aromatic carbocycles. The van der Waals surface area contributed by atoms with Crippen LogP contribution in [0.2, 0.25) is 0 Å². The molecule has 4 bridgehead atoms. The summed E-state index contributed by atoms with van der Waals surface area (Å²) >= 11 is 0. The van der Waals surface area contributed by atoms with Gasteiger partial charge in [-0.2, -0.15) is 5.26 Å². The van der Waals surface area contributed by atoms with Crippen molar-refractivity contribution in [2.75, 3.05) is 13.2 Å². The van der Waals surface area contributed by atoms with Crippen LogP contribution in [0.1, 0.15) is 28.8 Å². The van der Waals surface area contributed by atoms with E-state index in [0.29, 0.717) is 43.1 Å². The number of nitriles is 1. The maximum absolute atomic E-state index is 12.9. The number of hydrogen-bond acceptors (Lipinski definition) is 5. The fourth-order valence-electron chi connectivity index (χ4n) is 3.27. The monoisotopic (exact) mass is 417 g/mol. The van der Waals surface area contributed by atoms with E-state index in [4.69, 9.17) is 9.47 Å². The third kappa shape index (κ3) is 5.23. The number of carbonyl (C=O) groups excluding carboxylic acids is 2. The summed E-state index contributed by atoms with van der Waals surface area (Å²) in [6, 6.07) is 15.5. The van der Waals surface area contributed by atoms with E-state index in [1.807, 2.05) is 36.4 Å². The summed E-state index contributed by atoms with van der Waals surface area (Å²) in [6.07, 6.45) is 5.24. The topological polar surface area (TPSA) is 100 Å². The molecule has 1 saturated carbocycles. The van der Waals surface area contributed by atoms with Crippen LogP contribution in [0.25, 0.3) is 0 Å². The first-order valence-corrected chi connectivity index (χ1v) is 10.2. The molecule has 2 N–H and O–H groups in total. The first kappa shape index (κ1) is 20.5. The Bertz CT molecular complexity index is 1040. The zero-order valence-electron chi connectivity index (χ0n) is 17.0. The van der Waals surface area contributed by atoms with Crippen molar-refractivity contribution in [3.05, 3.63) is 71.8 Å². The van der Waals surface area contributed by atoms with Gasteiger partial charge in [-0.3, -0.25) is 9.59 Å². The van der Waals surface area contributed by atoms with Crippen molar-refractivity contribution in [1.82, 2.24) is 10.6 Å². The molecule has 1 aliphatic carbocycles. The molecule has 1 fully saturated rings. The Hall–Kier alpha value is -3.79. The highest BCUT2D eigenvalue weighted by Gasteiger charge is 2.45. The molecule has 0 aromatic heterocycles. The minimum atomic E-state index is -0.827. The fraction of sp³-hybridized carbons (Fsp3) is 0.292. The SMILES string of the molecule is N#CC1(NC(=O)[C@@H]2Cc3ccc(cc3)OCC=CCOc3cccc(c3)C(=O)N2)CC1. The lowest BCUT2D eigenvalue weighted by molar-refractivity contribution is -0.123. The molecule has 0 radical (unpaired) electrons. The predicted molar refractivity (Wildman–Crippen MR) is 114 cm³/mol. The minimum absolute atomic E-state index is 0.287. The Labute approximate surface area is 180 Å². The number of fused-ring (bicyclic) bond motifs is 9. The number of ether oxygens (including phenoxy) is 2. The second-order valence-corrected chi connectivity index (χ2v) is 7.68. The molecule has 2 aliphatic heterocycles. The summed E-state index contributed by atoms with van der Waals surface area (Å²) in [7, 11) is 0. The zero-order valence-corrected chi connectivity index (χ0v) is 17.0. The normalized spacial score (nSPS) is 19.7. The summed E-state index contributed by atoms with van der Waals surface area (Å²) in [6.45, 7) is 0.749. The maximum atomic E-state index is 12.9. The Morgan fingerprint density at radius 2 is 1.77 bits per heavy atom. The standard InChI is InChI=1S/C24H23N3O4/c25-16-24(10-11-24)27-23(29)21-14-17-6-8-19(9-7-17)30-12-1-2-13-31-20-5-3-4-18(15-20)22(28)26-21/h1-9,15,21H,10-14H2,(H,26,28)(H,27,29)/t21-/m0/s1. The van der Waals surface area contributed by atoms with Gasteiger partial charge in [-0.25, -0.2) is 0 Å². The van der Waals surface area contributed by atoms with Crippen LogP contribution in [0.3, 0.4) is 0 Å². The van der Waals surface area contributed by atoms with Gasteiger partial charge in [0.15, 0.2) is 0 Å². The van der Waals surface area contributed by atoms with Crippen LogP contribution < -0.4 is 20.1 Å². The van der Waals surface area contributed by atoms with E-state index in [9.17, 15) is 14.9 Å². The van der Waals surface area contributed by atoms with Crippen molar-refractivity contribution in [2.45, 2.75) is 30.8 Å². The van der Waals surface area contributed by atoms with Crippen LogP contribution in [0.5, 0.6) is 11.5 Å². The van der Waals surface area contributed by atoms with Crippen LogP contribution in [-0.4, -0.2) is 36.6 Å². The van der Waals surface area contributed by atoms with Crippen molar-refractivity contribution in [3.8, 4) is 17.6 Å². The lowest BCUT2D eigenvalue weighted by Gasteiger charge is -2.20. The van der Waals surface area contributed by atoms with Gasteiger partial charge in [0.1, 0.15) is 36.3 Å². The Balaban J connectivity index is 1.60. The van der Waals surface area contributed by atoms with Crippen molar-refractivity contribution in [3.63, 3.8) is 0 Å². The molecule has 2 amide bonds. The molecule has 3 aliphatic rings. The quantitative estimate of drug-likeness (QED) is 0.732. The van der Waals surface area contributed by atoms with E-state index in [1.54, 1.807) is 24.3 Å². The second-order valence-electron chi connectivity index (χ2n) is 7.68. The number of carbonyl (C=O) groups is 2. The summed E-state index contributed by atoms with van der Waals surface area (Å²) in [5.74, 6) is 0.503. The first-order valence-electron chi connectivity index (χ1n) is 10.2. The smallest absolute Gasteiger partial charge is 0.252 e. The van der Waals surface area contributed by atoms with E-state index < -0.39 is 11.6 Å². The van der Waals surface area contributed by atoms with Gasteiger partial charge >= 0.3 is 0 Å². The van der Waals surface area contributed by atoms with Gasteiger partial charge in [0.05, 0.1) is 6.07 Å². The Kier molecular flexibility index (Phi) is 5.89. The van der Waals surface area contributed by atoms with Crippen molar-refractivity contribution < 1.29 is 19.1 Å². The molecule has 7 heteroatoms. The maximum Gasteiger partial charge on any atom is 0.252 e. The second kappa shape index (κ2) is 8.92. The number of hydrogen-bond donors (Lipinski definition) is 2. The molecule has 0 spiro atoms. The summed E-state index contributed by atoms with van der Waals surface area (Å²) in [4.78, 5) is 25.8.